The third kappa shape index (κ3) is 3.37. The number of halogens is 3. The van der Waals surface area contributed by atoms with Gasteiger partial charge in [-0.25, -0.2) is 0 Å². The summed E-state index contributed by atoms with van der Waals surface area (Å²) in [6.45, 7) is 3.60. The van der Waals surface area contributed by atoms with Gasteiger partial charge >= 0.3 is 6.18 Å². The lowest BCUT2D eigenvalue weighted by Gasteiger charge is -2.24. The molecule has 0 radical (unpaired) electrons. The number of hydrogen-bond donors (Lipinski definition) is 1. The molecule has 0 aliphatic carbocycles. The Morgan fingerprint density at radius 2 is 2.19 bits per heavy atom. The van der Waals surface area contributed by atoms with E-state index in [-0.39, 0.29) is 18.6 Å². The molecule has 1 rings (SSSR count). The lowest BCUT2D eigenvalue weighted by atomic mass is 10.1. The monoisotopic (exact) mass is 238 g/mol. The largest absolute Gasteiger partial charge is 0.391 e. The van der Waals surface area contributed by atoms with Gasteiger partial charge in [0.1, 0.15) is 0 Å². The van der Waals surface area contributed by atoms with Crippen LogP contribution in [0.25, 0.3) is 0 Å². The van der Waals surface area contributed by atoms with Gasteiger partial charge in [0, 0.05) is 6.04 Å². The zero-order valence-corrected chi connectivity index (χ0v) is 9.47. The smallest absolute Gasteiger partial charge is 0.326 e. The molecule has 0 bridgehead atoms. The van der Waals surface area contributed by atoms with E-state index in [0.29, 0.717) is 6.42 Å². The minimum Gasteiger partial charge on any atom is -0.326 e. The zero-order chi connectivity index (χ0) is 12.3. The second-order valence-corrected chi connectivity index (χ2v) is 4.18. The standard InChI is InChI=1S/C10H17F3N2O/c1-3-4-8-9(16)15(6-14-8)7(2)5-10(11,12)13/h7-8,14H,3-6H2,1-2H3. The minimum absolute atomic E-state index is 0.210. The molecule has 1 heterocycles. The molecular formula is C10H17F3N2O. The van der Waals surface area contributed by atoms with E-state index in [0.717, 1.165) is 6.42 Å². The van der Waals surface area contributed by atoms with Crippen molar-refractivity contribution in [2.75, 3.05) is 6.67 Å². The molecule has 1 aliphatic heterocycles. The zero-order valence-electron chi connectivity index (χ0n) is 9.47. The van der Waals surface area contributed by atoms with Crippen molar-refractivity contribution in [1.29, 1.82) is 0 Å². The van der Waals surface area contributed by atoms with Crippen molar-refractivity contribution in [3.63, 3.8) is 0 Å². The van der Waals surface area contributed by atoms with Gasteiger partial charge in [-0.05, 0) is 13.3 Å². The van der Waals surface area contributed by atoms with Crippen LogP contribution in [0.3, 0.4) is 0 Å². The van der Waals surface area contributed by atoms with Crippen LogP contribution >= 0.6 is 0 Å². The molecule has 2 unspecified atom stereocenters. The highest BCUT2D eigenvalue weighted by Gasteiger charge is 2.38. The van der Waals surface area contributed by atoms with Gasteiger partial charge in [-0.1, -0.05) is 13.3 Å². The molecule has 0 aromatic rings. The van der Waals surface area contributed by atoms with Crippen LogP contribution in [0.5, 0.6) is 0 Å². The van der Waals surface area contributed by atoms with Gasteiger partial charge in [0.2, 0.25) is 5.91 Å². The predicted octanol–water partition coefficient (Wildman–Crippen LogP) is 1.89. The summed E-state index contributed by atoms with van der Waals surface area (Å²) >= 11 is 0. The fourth-order valence-electron chi connectivity index (χ4n) is 1.91. The number of carbonyl (C=O) groups is 1. The lowest BCUT2D eigenvalue weighted by molar-refractivity contribution is -0.151. The average molecular weight is 238 g/mol. The second-order valence-electron chi connectivity index (χ2n) is 4.18. The topological polar surface area (TPSA) is 32.3 Å². The first-order chi connectivity index (χ1) is 7.35. The lowest BCUT2D eigenvalue weighted by Crippen LogP contribution is -2.39. The fourth-order valence-corrected chi connectivity index (χ4v) is 1.91. The molecule has 3 nitrogen and oxygen atoms in total. The molecular weight excluding hydrogens is 221 g/mol. The van der Waals surface area contributed by atoms with Crippen LogP contribution in [0.4, 0.5) is 13.2 Å². The van der Waals surface area contributed by atoms with Crippen LogP contribution in [-0.2, 0) is 4.79 Å². The highest BCUT2D eigenvalue weighted by Crippen LogP contribution is 2.25. The quantitative estimate of drug-likeness (QED) is 0.811. The molecule has 1 amide bonds. The second kappa shape index (κ2) is 5.03. The van der Waals surface area contributed by atoms with Gasteiger partial charge in [0.25, 0.3) is 0 Å². The van der Waals surface area contributed by atoms with Gasteiger partial charge in [-0.2, -0.15) is 13.2 Å². The van der Waals surface area contributed by atoms with E-state index >= 15 is 0 Å². The van der Waals surface area contributed by atoms with E-state index in [4.69, 9.17) is 0 Å². The van der Waals surface area contributed by atoms with Crippen molar-refractivity contribution < 1.29 is 18.0 Å². The Hall–Kier alpha value is -0.780. The summed E-state index contributed by atoms with van der Waals surface area (Å²) in [5.74, 6) is -0.210. The minimum atomic E-state index is -4.22. The third-order valence-corrected chi connectivity index (χ3v) is 2.73. The SMILES string of the molecule is CCCC1NCN(C(C)CC(F)(F)F)C1=O. The molecule has 1 fully saturated rings. The molecule has 16 heavy (non-hydrogen) atoms. The molecule has 2 atom stereocenters. The summed E-state index contributed by atoms with van der Waals surface area (Å²) in [4.78, 5) is 13.0. The van der Waals surface area contributed by atoms with E-state index in [2.05, 4.69) is 5.32 Å². The van der Waals surface area contributed by atoms with Crippen LogP contribution in [0.2, 0.25) is 0 Å². The molecule has 6 heteroatoms. The molecule has 1 N–H and O–H groups in total. The van der Waals surface area contributed by atoms with E-state index in [1.54, 1.807) is 0 Å². The van der Waals surface area contributed by atoms with Gasteiger partial charge < -0.3 is 4.90 Å². The van der Waals surface area contributed by atoms with Crippen molar-refractivity contribution in [3.05, 3.63) is 0 Å². The predicted molar refractivity (Wildman–Crippen MR) is 53.7 cm³/mol. The average Bonchev–Trinajstić information content (AvgIpc) is 2.46. The molecule has 0 saturated carbocycles. The Morgan fingerprint density at radius 1 is 1.56 bits per heavy atom. The van der Waals surface area contributed by atoms with E-state index in [1.165, 1.54) is 11.8 Å². The molecule has 0 spiro atoms. The number of hydrogen-bond acceptors (Lipinski definition) is 2. The van der Waals surface area contributed by atoms with Crippen molar-refractivity contribution in [2.45, 2.75) is 51.4 Å². The first kappa shape index (κ1) is 13.3. The van der Waals surface area contributed by atoms with Crippen LogP contribution in [-0.4, -0.2) is 35.7 Å². The summed E-state index contributed by atoms with van der Waals surface area (Å²) in [6.07, 6.45) is -3.65. The van der Waals surface area contributed by atoms with Crippen LogP contribution in [0.1, 0.15) is 33.1 Å². The number of carbonyl (C=O) groups excluding carboxylic acids is 1. The molecule has 0 aromatic heterocycles. The van der Waals surface area contributed by atoms with E-state index < -0.39 is 18.6 Å². The van der Waals surface area contributed by atoms with Gasteiger partial charge in [-0.15, -0.1) is 0 Å². The maximum absolute atomic E-state index is 12.2. The van der Waals surface area contributed by atoms with Crippen LogP contribution in [0.15, 0.2) is 0 Å². The molecule has 1 aliphatic rings. The van der Waals surface area contributed by atoms with Gasteiger partial charge in [0.05, 0.1) is 19.1 Å². The maximum Gasteiger partial charge on any atom is 0.391 e. The Kier molecular flexibility index (Phi) is 4.18. The van der Waals surface area contributed by atoms with Crippen LogP contribution < -0.4 is 5.32 Å². The molecule has 94 valence electrons. The fraction of sp³-hybridized carbons (Fsp3) is 0.900. The molecule has 1 saturated heterocycles. The number of nitrogens with one attached hydrogen (secondary N) is 1. The summed E-state index contributed by atoms with van der Waals surface area (Å²) in [6, 6.07) is -1.09. The Bertz CT molecular complexity index is 255. The summed E-state index contributed by atoms with van der Waals surface area (Å²) in [5.41, 5.74) is 0. The first-order valence-corrected chi connectivity index (χ1v) is 5.45. The summed E-state index contributed by atoms with van der Waals surface area (Å²) in [7, 11) is 0. The maximum atomic E-state index is 12.2. The number of nitrogens with zero attached hydrogens (tertiary/aromatic N) is 1. The number of alkyl halides is 3. The normalized spacial score (nSPS) is 23.9. The van der Waals surface area contributed by atoms with Crippen molar-refractivity contribution in [2.24, 2.45) is 0 Å². The Balaban J connectivity index is 2.53. The first-order valence-electron chi connectivity index (χ1n) is 5.45. The van der Waals surface area contributed by atoms with Crippen molar-refractivity contribution >= 4 is 5.91 Å². The highest BCUT2D eigenvalue weighted by atomic mass is 19.4. The highest BCUT2D eigenvalue weighted by molar-refractivity contribution is 5.84. The Morgan fingerprint density at radius 3 is 2.69 bits per heavy atom. The third-order valence-electron chi connectivity index (χ3n) is 2.73. The summed E-state index contributed by atoms with van der Waals surface area (Å²) in [5, 5.41) is 2.93. The van der Waals surface area contributed by atoms with E-state index in [1.807, 2.05) is 6.92 Å². The number of amides is 1. The van der Waals surface area contributed by atoms with E-state index in [9.17, 15) is 18.0 Å². The van der Waals surface area contributed by atoms with Crippen molar-refractivity contribution in [3.8, 4) is 0 Å². The molecule has 0 aromatic carbocycles. The van der Waals surface area contributed by atoms with Gasteiger partial charge in [0.15, 0.2) is 0 Å². The summed E-state index contributed by atoms with van der Waals surface area (Å²) < 4.78 is 36.5. The Labute approximate surface area is 93.0 Å². The van der Waals surface area contributed by atoms with Crippen LogP contribution in [0, 0.1) is 0 Å². The van der Waals surface area contributed by atoms with Gasteiger partial charge in [-0.3, -0.25) is 10.1 Å². The number of rotatable bonds is 4. The van der Waals surface area contributed by atoms with Crippen molar-refractivity contribution in [1.82, 2.24) is 10.2 Å².